The first kappa shape index (κ1) is 14.0. The van der Waals surface area contributed by atoms with E-state index < -0.39 is 11.8 Å². The summed E-state index contributed by atoms with van der Waals surface area (Å²) < 4.78 is 18.1. The standard InChI is InChI=1S/C11H13FO4S/c12-10-2-1-8(7-9(10)11(14)15)17-6-5-16-4-3-13/h1-2,7,13H,3-6H2,(H,14,15). The number of carbonyl (C=O) groups is 1. The molecule has 0 aliphatic heterocycles. The first-order valence-corrected chi connectivity index (χ1v) is 5.98. The highest BCUT2D eigenvalue weighted by Crippen LogP contribution is 2.21. The van der Waals surface area contributed by atoms with Gasteiger partial charge in [0.1, 0.15) is 5.82 Å². The fourth-order valence-electron chi connectivity index (χ4n) is 1.14. The maximum Gasteiger partial charge on any atom is 0.338 e. The van der Waals surface area contributed by atoms with Gasteiger partial charge in [-0.15, -0.1) is 11.8 Å². The number of aliphatic hydroxyl groups is 1. The molecule has 0 aliphatic rings. The molecule has 0 amide bonds. The molecular formula is C11H13FO4S. The van der Waals surface area contributed by atoms with Crippen LogP contribution in [0.15, 0.2) is 23.1 Å². The van der Waals surface area contributed by atoms with Crippen molar-refractivity contribution < 1.29 is 24.1 Å². The van der Waals surface area contributed by atoms with Crippen LogP contribution in [-0.4, -0.2) is 41.8 Å². The minimum atomic E-state index is -1.28. The van der Waals surface area contributed by atoms with Crippen LogP contribution < -0.4 is 0 Å². The van der Waals surface area contributed by atoms with Gasteiger partial charge in [0.05, 0.1) is 25.4 Å². The van der Waals surface area contributed by atoms with E-state index >= 15 is 0 Å². The Labute approximate surface area is 102 Å². The van der Waals surface area contributed by atoms with Crippen LogP contribution in [-0.2, 0) is 4.74 Å². The lowest BCUT2D eigenvalue weighted by atomic mass is 10.2. The number of benzene rings is 1. The molecule has 0 heterocycles. The van der Waals surface area contributed by atoms with Crippen LogP contribution in [0, 0.1) is 5.82 Å². The molecule has 0 saturated heterocycles. The predicted octanol–water partition coefficient (Wildman–Crippen LogP) is 1.62. The predicted molar refractivity (Wildman–Crippen MR) is 62.0 cm³/mol. The molecule has 0 saturated carbocycles. The average molecular weight is 260 g/mol. The number of carboxylic acids is 1. The van der Waals surface area contributed by atoms with Gasteiger partial charge in [0.2, 0.25) is 0 Å². The monoisotopic (exact) mass is 260 g/mol. The van der Waals surface area contributed by atoms with E-state index in [2.05, 4.69) is 0 Å². The fourth-order valence-corrected chi connectivity index (χ4v) is 1.95. The summed E-state index contributed by atoms with van der Waals surface area (Å²) in [5, 5.41) is 17.2. The second kappa shape index (κ2) is 7.26. The Hall–Kier alpha value is -1.11. The van der Waals surface area contributed by atoms with Gasteiger partial charge in [-0.2, -0.15) is 0 Å². The Morgan fingerprint density at radius 3 is 2.82 bits per heavy atom. The van der Waals surface area contributed by atoms with Crippen molar-refractivity contribution >= 4 is 17.7 Å². The smallest absolute Gasteiger partial charge is 0.338 e. The molecule has 0 unspecified atom stereocenters. The Kier molecular flexibility index (Phi) is 5.96. The minimum absolute atomic E-state index is 0.0234. The molecule has 0 atom stereocenters. The number of thioether (sulfide) groups is 1. The van der Waals surface area contributed by atoms with Crippen LogP contribution in [0.1, 0.15) is 10.4 Å². The van der Waals surface area contributed by atoms with Crippen LogP contribution in [0.4, 0.5) is 4.39 Å². The molecule has 1 aromatic rings. The van der Waals surface area contributed by atoms with Gasteiger partial charge in [0.25, 0.3) is 0 Å². The Bertz CT molecular complexity index is 384. The van der Waals surface area contributed by atoms with Crippen LogP contribution in [0.2, 0.25) is 0 Å². The summed E-state index contributed by atoms with van der Waals surface area (Å²) in [5.74, 6) is -1.40. The summed E-state index contributed by atoms with van der Waals surface area (Å²) in [6.45, 7) is 0.708. The maximum atomic E-state index is 13.1. The number of hydrogen-bond acceptors (Lipinski definition) is 4. The van der Waals surface area contributed by atoms with Crippen LogP contribution in [0.25, 0.3) is 0 Å². The average Bonchev–Trinajstić information content (AvgIpc) is 2.30. The van der Waals surface area contributed by atoms with Crippen molar-refractivity contribution in [3.63, 3.8) is 0 Å². The molecule has 0 spiro atoms. The van der Waals surface area contributed by atoms with Gasteiger partial charge in [-0.05, 0) is 18.2 Å². The highest BCUT2D eigenvalue weighted by atomic mass is 32.2. The number of carboxylic acid groups (broad SMARTS) is 1. The van der Waals surface area contributed by atoms with Gasteiger partial charge < -0.3 is 14.9 Å². The van der Waals surface area contributed by atoms with Gasteiger partial charge in [-0.1, -0.05) is 0 Å². The third kappa shape index (κ3) is 4.72. The van der Waals surface area contributed by atoms with Gasteiger partial charge in [-0.25, -0.2) is 9.18 Å². The zero-order chi connectivity index (χ0) is 12.7. The normalized spacial score (nSPS) is 10.5. The third-order valence-electron chi connectivity index (χ3n) is 1.90. The molecule has 17 heavy (non-hydrogen) atoms. The minimum Gasteiger partial charge on any atom is -0.478 e. The molecule has 4 nitrogen and oxygen atoms in total. The number of hydrogen-bond donors (Lipinski definition) is 2. The van der Waals surface area contributed by atoms with Gasteiger partial charge in [-0.3, -0.25) is 0 Å². The van der Waals surface area contributed by atoms with Crippen molar-refractivity contribution in [2.45, 2.75) is 4.90 Å². The highest BCUT2D eigenvalue weighted by molar-refractivity contribution is 7.99. The van der Waals surface area contributed by atoms with Crippen molar-refractivity contribution in [2.24, 2.45) is 0 Å². The SMILES string of the molecule is O=C(O)c1cc(SCCOCCO)ccc1F. The van der Waals surface area contributed by atoms with Crippen LogP contribution >= 0.6 is 11.8 Å². The summed E-state index contributed by atoms with van der Waals surface area (Å²) in [6, 6.07) is 3.97. The molecule has 6 heteroatoms. The van der Waals surface area contributed by atoms with Crippen molar-refractivity contribution in [1.82, 2.24) is 0 Å². The molecular weight excluding hydrogens is 247 g/mol. The molecule has 0 bridgehead atoms. The van der Waals surface area contributed by atoms with E-state index in [1.54, 1.807) is 0 Å². The lowest BCUT2D eigenvalue weighted by Gasteiger charge is -2.04. The number of halogens is 1. The van der Waals surface area contributed by atoms with Gasteiger partial charge in [0, 0.05) is 10.6 Å². The Morgan fingerprint density at radius 2 is 2.18 bits per heavy atom. The molecule has 2 N–H and O–H groups in total. The first-order chi connectivity index (χ1) is 8.15. The summed E-state index contributed by atoms with van der Waals surface area (Å²) in [4.78, 5) is 11.4. The van der Waals surface area contributed by atoms with E-state index in [1.165, 1.54) is 23.9 Å². The molecule has 0 aliphatic carbocycles. The second-order valence-corrected chi connectivity index (χ2v) is 4.30. The topological polar surface area (TPSA) is 66.8 Å². The number of aliphatic hydroxyl groups excluding tert-OH is 1. The largest absolute Gasteiger partial charge is 0.478 e. The summed E-state index contributed by atoms with van der Waals surface area (Å²) in [6.07, 6.45) is 0. The van der Waals surface area contributed by atoms with Crippen molar-refractivity contribution in [1.29, 1.82) is 0 Å². The van der Waals surface area contributed by atoms with Crippen molar-refractivity contribution in [3.05, 3.63) is 29.6 Å². The molecule has 94 valence electrons. The number of aromatic carboxylic acids is 1. The van der Waals surface area contributed by atoms with Crippen molar-refractivity contribution in [3.8, 4) is 0 Å². The molecule has 0 aromatic heterocycles. The zero-order valence-electron chi connectivity index (χ0n) is 9.06. The summed E-state index contributed by atoms with van der Waals surface area (Å²) in [7, 11) is 0. The molecule has 1 rings (SSSR count). The number of rotatable bonds is 7. The first-order valence-electron chi connectivity index (χ1n) is 4.99. The van der Waals surface area contributed by atoms with E-state index in [0.29, 0.717) is 17.3 Å². The van der Waals surface area contributed by atoms with Crippen LogP contribution in [0.5, 0.6) is 0 Å². The van der Waals surface area contributed by atoms with Gasteiger partial charge >= 0.3 is 5.97 Å². The van der Waals surface area contributed by atoms with Crippen LogP contribution in [0.3, 0.4) is 0 Å². The van der Waals surface area contributed by atoms with E-state index in [1.807, 2.05) is 0 Å². The van der Waals surface area contributed by atoms with Gasteiger partial charge in [0.15, 0.2) is 0 Å². The number of ether oxygens (including phenoxy) is 1. The quantitative estimate of drug-likeness (QED) is 0.576. The lowest BCUT2D eigenvalue weighted by molar-refractivity contribution is 0.0691. The lowest BCUT2D eigenvalue weighted by Crippen LogP contribution is -2.03. The summed E-state index contributed by atoms with van der Waals surface area (Å²) in [5.41, 5.74) is -0.328. The van der Waals surface area contributed by atoms with Crippen molar-refractivity contribution in [2.75, 3.05) is 25.6 Å². The van der Waals surface area contributed by atoms with E-state index in [9.17, 15) is 9.18 Å². The van der Waals surface area contributed by atoms with E-state index in [4.69, 9.17) is 14.9 Å². The maximum absolute atomic E-state index is 13.1. The zero-order valence-corrected chi connectivity index (χ0v) is 9.87. The molecule has 1 aromatic carbocycles. The summed E-state index contributed by atoms with van der Waals surface area (Å²) >= 11 is 1.37. The molecule has 0 fully saturated rings. The van der Waals surface area contributed by atoms with E-state index in [0.717, 1.165) is 6.07 Å². The second-order valence-electron chi connectivity index (χ2n) is 3.13. The third-order valence-corrected chi connectivity index (χ3v) is 2.86. The Morgan fingerprint density at radius 1 is 1.41 bits per heavy atom. The van der Waals surface area contributed by atoms with E-state index in [-0.39, 0.29) is 18.8 Å². The Balaban J connectivity index is 2.49. The highest BCUT2D eigenvalue weighted by Gasteiger charge is 2.10. The fraction of sp³-hybridized carbons (Fsp3) is 0.364. The molecule has 0 radical (unpaired) electrons.